The highest BCUT2D eigenvalue weighted by atomic mass is 127. The number of hydrogen-bond acceptors (Lipinski definition) is 3. The number of nitrogens with zero attached hydrogens (tertiary/aromatic N) is 2. The van der Waals surface area contributed by atoms with Gasteiger partial charge in [-0.15, -0.1) is 24.0 Å². The third-order valence-corrected chi connectivity index (χ3v) is 3.42. The van der Waals surface area contributed by atoms with Gasteiger partial charge in [0.2, 0.25) is 0 Å². The fourth-order valence-electron chi connectivity index (χ4n) is 1.99. The van der Waals surface area contributed by atoms with Crippen LogP contribution >= 0.6 is 35.6 Å². The van der Waals surface area contributed by atoms with Crippen molar-refractivity contribution in [1.29, 1.82) is 0 Å². The van der Waals surface area contributed by atoms with Gasteiger partial charge in [-0.05, 0) is 42.7 Å². The Kier molecular flexibility index (Phi) is 9.48. The van der Waals surface area contributed by atoms with Crippen LogP contribution in [0, 0.1) is 0 Å². The minimum Gasteiger partial charge on any atom is -0.508 e. The third kappa shape index (κ3) is 7.35. The Morgan fingerprint density at radius 3 is 2.46 bits per heavy atom. The molecule has 0 amide bonds. The van der Waals surface area contributed by atoms with Crippen LogP contribution in [0.5, 0.6) is 5.75 Å². The van der Waals surface area contributed by atoms with Gasteiger partial charge in [0.1, 0.15) is 10.9 Å². The Bertz CT molecular complexity index is 632. The number of aromatic hydroxyl groups is 1. The smallest absolute Gasteiger partial charge is 0.191 e. The second-order valence-corrected chi connectivity index (χ2v) is 5.41. The Hall–Kier alpha value is -1.54. The van der Waals surface area contributed by atoms with Crippen LogP contribution in [0.15, 0.2) is 47.6 Å². The van der Waals surface area contributed by atoms with Crippen molar-refractivity contribution in [2.45, 2.75) is 19.9 Å². The molecule has 3 N–H and O–H groups in total. The molecular formula is C17H22ClIN4O. The predicted octanol–water partition coefficient (Wildman–Crippen LogP) is 3.36. The molecule has 5 nitrogen and oxygen atoms in total. The normalized spacial score (nSPS) is 10.8. The van der Waals surface area contributed by atoms with E-state index in [9.17, 15) is 5.11 Å². The number of phenolic OH excluding ortho intramolecular Hbond substituents is 1. The van der Waals surface area contributed by atoms with Gasteiger partial charge in [-0.3, -0.25) is 0 Å². The summed E-state index contributed by atoms with van der Waals surface area (Å²) in [6.45, 7) is 4.13. The zero-order valence-electron chi connectivity index (χ0n) is 13.5. The number of pyridine rings is 1. The second-order valence-electron chi connectivity index (χ2n) is 5.03. The minimum atomic E-state index is 0. The molecule has 0 fully saturated rings. The summed E-state index contributed by atoms with van der Waals surface area (Å²) in [6, 6.07) is 10.8. The summed E-state index contributed by atoms with van der Waals surface area (Å²) >= 11 is 5.78. The van der Waals surface area contributed by atoms with Gasteiger partial charge in [-0.25, -0.2) is 9.98 Å². The number of rotatable bonds is 6. The lowest BCUT2D eigenvalue weighted by Crippen LogP contribution is -2.38. The van der Waals surface area contributed by atoms with E-state index in [-0.39, 0.29) is 29.7 Å². The van der Waals surface area contributed by atoms with E-state index in [1.54, 1.807) is 24.4 Å². The number of aliphatic imine (C=N–C) groups is 1. The Balaban J connectivity index is 0.00000288. The topological polar surface area (TPSA) is 69.5 Å². The number of nitrogens with one attached hydrogen (secondary N) is 2. The molecule has 1 aromatic heterocycles. The van der Waals surface area contributed by atoms with E-state index in [0.29, 0.717) is 11.7 Å². The molecule has 0 bridgehead atoms. The number of benzene rings is 1. The summed E-state index contributed by atoms with van der Waals surface area (Å²) in [5.41, 5.74) is 2.16. The van der Waals surface area contributed by atoms with Crippen LogP contribution in [-0.2, 0) is 13.0 Å². The fraction of sp³-hybridized carbons (Fsp3) is 0.294. The number of hydrogen-bond donors (Lipinski definition) is 3. The standard InChI is InChI=1S/C17H21ClN4O.HI/c1-2-19-17(22-12-13-3-6-15(23)7-4-13)20-10-9-14-5-8-16(18)21-11-14;/h3-8,11,23H,2,9-10,12H2,1H3,(H2,19,20,22);1H. The van der Waals surface area contributed by atoms with Gasteiger partial charge in [-0.2, -0.15) is 0 Å². The largest absolute Gasteiger partial charge is 0.508 e. The average molecular weight is 461 g/mol. The maximum atomic E-state index is 9.29. The lowest BCUT2D eigenvalue weighted by Gasteiger charge is -2.11. The van der Waals surface area contributed by atoms with E-state index < -0.39 is 0 Å². The fourth-order valence-corrected chi connectivity index (χ4v) is 2.10. The first-order valence-corrected chi connectivity index (χ1v) is 7.95. The zero-order chi connectivity index (χ0) is 16.5. The van der Waals surface area contributed by atoms with E-state index in [1.165, 1.54) is 0 Å². The molecule has 0 aliphatic heterocycles. The van der Waals surface area contributed by atoms with Crippen molar-refractivity contribution in [2.75, 3.05) is 13.1 Å². The number of halogens is 2. The van der Waals surface area contributed by atoms with Crippen molar-refractivity contribution in [3.05, 3.63) is 58.9 Å². The van der Waals surface area contributed by atoms with Crippen molar-refractivity contribution in [3.63, 3.8) is 0 Å². The third-order valence-electron chi connectivity index (χ3n) is 3.20. The average Bonchev–Trinajstić information content (AvgIpc) is 2.56. The minimum absolute atomic E-state index is 0. The Morgan fingerprint density at radius 1 is 1.12 bits per heavy atom. The van der Waals surface area contributed by atoms with Crippen molar-refractivity contribution in [1.82, 2.24) is 15.6 Å². The maximum absolute atomic E-state index is 9.29. The molecule has 130 valence electrons. The maximum Gasteiger partial charge on any atom is 0.191 e. The van der Waals surface area contributed by atoms with E-state index >= 15 is 0 Å². The summed E-state index contributed by atoms with van der Waals surface area (Å²) in [5.74, 6) is 1.03. The highest BCUT2D eigenvalue weighted by molar-refractivity contribution is 14.0. The lowest BCUT2D eigenvalue weighted by atomic mass is 10.2. The van der Waals surface area contributed by atoms with Crippen LogP contribution in [-0.4, -0.2) is 29.1 Å². The predicted molar refractivity (Wildman–Crippen MR) is 109 cm³/mol. The molecule has 2 rings (SSSR count). The van der Waals surface area contributed by atoms with E-state index in [1.807, 2.05) is 25.1 Å². The molecule has 0 unspecified atom stereocenters. The van der Waals surface area contributed by atoms with Crippen LogP contribution in [0.3, 0.4) is 0 Å². The number of guanidine groups is 1. The highest BCUT2D eigenvalue weighted by Gasteiger charge is 1.99. The highest BCUT2D eigenvalue weighted by Crippen LogP contribution is 2.10. The molecule has 0 aliphatic rings. The summed E-state index contributed by atoms with van der Waals surface area (Å²) in [7, 11) is 0. The molecule has 0 saturated carbocycles. The molecule has 0 atom stereocenters. The summed E-state index contributed by atoms with van der Waals surface area (Å²) < 4.78 is 0. The van der Waals surface area contributed by atoms with Crippen LogP contribution in [0.25, 0.3) is 0 Å². The second kappa shape index (κ2) is 11.1. The molecule has 24 heavy (non-hydrogen) atoms. The quantitative estimate of drug-likeness (QED) is 0.268. The molecule has 7 heteroatoms. The zero-order valence-corrected chi connectivity index (χ0v) is 16.6. The molecule has 0 spiro atoms. The van der Waals surface area contributed by atoms with Gasteiger partial charge in [0.25, 0.3) is 0 Å². The van der Waals surface area contributed by atoms with E-state index in [4.69, 9.17) is 11.6 Å². The van der Waals surface area contributed by atoms with Gasteiger partial charge in [0.15, 0.2) is 5.96 Å². The van der Waals surface area contributed by atoms with Gasteiger partial charge < -0.3 is 15.7 Å². The number of aromatic nitrogens is 1. The molecule has 1 heterocycles. The molecule has 0 saturated heterocycles. The van der Waals surface area contributed by atoms with Crippen LogP contribution in [0.1, 0.15) is 18.1 Å². The van der Waals surface area contributed by atoms with Crippen molar-refractivity contribution < 1.29 is 5.11 Å². The lowest BCUT2D eigenvalue weighted by molar-refractivity contribution is 0.475. The Morgan fingerprint density at radius 2 is 1.83 bits per heavy atom. The van der Waals surface area contributed by atoms with Crippen LogP contribution < -0.4 is 10.6 Å². The molecule has 0 radical (unpaired) electrons. The van der Waals surface area contributed by atoms with Gasteiger partial charge in [0.05, 0.1) is 6.54 Å². The molecule has 2 aromatic rings. The van der Waals surface area contributed by atoms with E-state index in [0.717, 1.165) is 36.6 Å². The van der Waals surface area contributed by atoms with Crippen molar-refractivity contribution in [2.24, 2.45) is 4.99 Å². The summed E-state index contributed by atoms with van der Waals surface area (Å²) in [5, 5.41) is 16.3. The summed E-state index contributed by atoms with van der Waals surface area (Å²) in [4.78, 5) is 8.60. The first-order chi connectivity index (χ1) is 11.2. The Labute approximate surface area is 164 Å². The SMILES string of the molecule is CCNC(=NCc1ccc(O)cc1)NCCc1ccc(Cl)nc1.I. The van der Waals surface area contributed by atoms with E-state index in [2.05, 4.69) is 20.6 Å². The van der Waals surface area contributed by atoms with Crippen LogP contribution in [0.2, 0.25) is 5.15 Å². The van der Waals surface area contributed by atoms with Crippen LogP contribution in [0.4, 0.5) is 0 Å². The molecule has 0 aliphatic carbocycles. The summed E-state index contributed by atoms with van der Waals surface area (Å²) in [6.07, 6.45) is 2.62. The molecular weight excluding hydrogens is 439 g/mol. The first-order valence-electron chi connectivity index (χ1n) is 7.58. The first kappa shape index (κ1) is 20.5. The van der Waals surface area contributed by atoms with Crippen molar-refractivity contribution in [3.8, 4) is 5.75 Å². The number of phenols is 1. The van der Waals surface area contributed by atoms with Gasteiger partial charge >= 0.3 is 0 Å². The van der Waals surface area contributed by atoms with Gasteiger partial charge in [0, 0.05) is 19.3 Å². The molecule has 1 aromatic carbocycles. The monoisotopic (exact) mass is 460 g/mol. The van der Waals surface area contributed by atoms with Gasteiger partial charge in [-0.1, -0.05) is 29.8 Å². The van der Waals surface area contributed by atoms with Crippen molar-refractivity contribution >= 4 is 41.5 Å².